The van der Waals surface area contributed by atoms with Gasteiger partial charge in [0.15, 0.2) is 0 Å². The summed E-state index contributed by atoms with van der Waals surface area (Å²) in [6.07, 6.45) is 1.56. The quantitative estimate of drug-likeness (QED) is 0.292. The Bertz CT molecular complexity index is 1620. The van der Waals surface area contributed by atoms with Crippen LogP contribution in [0.4, 0.5) is 16.4 Å². The van der Waals surface area contributed by atoms with Crippen LogP contribution in [0.15, 0.2) is 112 Å². The van der Waals surface area contributed by atoms with E-state index in [0.717, 1.165) is 16.4 Å². The molecular formula is C28H17N3O2S2. The van der Waals surface area contributed by atoms with Gasteiger partial charge in [0, 0.05) is 27.4 Å². The Kier molecular flexibility index (Phi) is 5.80. The van der Waals surface area contributed by atoms with Crippen LogP contribution >= 0.6 is 11.3 Å². The minimum absolute atomic E-state index is 0.0313. The van der Waals surface area contributed by atoms with Gasteiger partial charge in [-0.3, -0.25) is 0 Å². The summed E-state index contributed by atoms with van der Waals surface area (Å²) >= 11 is 1.42. The molecule has 0 fully saturated rings. The topological polar surface area (TPSA) is 85.0 Å². The van der Waals surface area contributed by atoms with Crippen molar-refractivity contribution in [2.45, 2.75) is 4.90 Å². The molecule has 1 aliphatic heterocycles. The molecule has 4 aromatic rings. The van der Waals surface area contributed by atoms with Crippen LogP contribution in [0, 0.1) is 22.7 Å². The van der Waals surface area contributed by atoms with Gasteiger partial charge in [-0.25, -0.2) is 8.42 Å². The number of sulfone groups is 1. The second-order valence-corrected chi connectivity index (χ2v) is 10.6. The summed E-state index contributed by atoms with van der Waals surface area (Å²) in [5.41, 5.74) is 2.25. The average molecular weight is 492 g/mol. The highest BCUT2D eigenvalue weighted by Crippen LogP contribution is 2.46. The van der Waals surface area contributed by atoms with Crippen LogP contribution < -0.4 is 4.90 Å². The SMILES string of the molecule is N#CC(C#N)=C1/C(=C/c2ccc(N(c3ccccc3)c3ccccc3)s2)S(=O)(=O)c2ccccc21. The monoisotopic (exact) mass is 491 g/mol. The molecule has 5 nitrogen and oxygen atoms in total. The largest absolute Gasteiger partial charge is 0.302 e. The molecule has 0 radical (unpaired) electrons. The summed E-state index contributed by atoms with van der Waals surface area (Å²) in [6.45, 7) is 0. The van der Waals surface area contributed by atoms with E-state index in [1.807, 2.05) is 84.9 Å². The van der Waals surface area contributed by atoms with Gasteiger partial charge in [-0.2, -0.15) is 10.5 Å². The predicted molar refractivity (Wildman–Crippen MR) is 139 cm³/mol. The Labute approximate surface area is 207 Å². The fourth-order valence-corrected chi connectivity index (χ4v) is 6.85. The van der Waals surface area contributed by atoms with Crippen molar-refractivity contribution in [3.8, 4) is 12.1 Å². The maximum Gasteiger partial charge on any atom is 0.207 e. The number of benzene rings is 3. The Morgan fingerprint density at radius 1 is 0.771 bits per heavy atom. The number of para-hydroxylation sites is 2. The first-order valence-corrected chi connectivity index (χ1v) is 13.0. The van der Waals surface area contributed by atoms with Crippen molar-refractivity contribution < 1.29 is 8.42 Å². The smallest absolute Gasteiger partial charge is 0.207 e. The lowest BCUT2D eigenvalue weighted by atomic mass is 10.0. The molecule has 1 aliphatic rings. The molecule has 7 heteroatoms. The van der Waals surface area contributed by atoms with Gasteiger partial charge in [0.2, 0.25) is 9.84 Å². The molecule has 0 saturated carbocycles. The van der Waals surface area contributed by atoms with Gasteiger partial charge in [0.05, 0.1) is 9.80 Å². The Hall–Kier alpha value is -4.43. The molecule has 3 aromatic carbocycles. The number of allylic oxidation sites excluding steroid dienone is 2. The van der Waals surface area contributed by atoms with Crippen molar-refractivity contribution in [1.82, 2.24) is 0 Å². The number of nitriles is 2. The van der Waals surface area contributed by atoms with Gasteiger partial charge in [-0.1, -0.05) is 54.6 Å². The Balaban J connectivity index is 1.66. The number of rotatable bonds is 4. The van der Waals surface area contributed by atoms with E-state index in [1.54, 1.807) is 24.3 Å². The maximum atomic E-state index is 13.4. The summed E-state index contributed by atoms with van der Waals surface area (Å²) in [5, 5.41) is 20.0. The van der Waals surface area contributed by atoms with E-state index in [2.05, 4.69) is 4.90 Å². The Morgan fingerprint density at radius 3 is 1.94 bits per heavy atom. The standard InChI is InChI=1S/C28H17N3O2S2/c29-18-20(19-30)28-24-13-7-8-14-25(24)35(32,33)26(28)17-23-15-16-27(34-23)31(21-9-3-1-4-10-21)22-11-5-2-6-12-22/h1-17H/b26-17-. The number of hydrogen-bond acceptors (Lipinski definition) is 6. The van der Waals surface area contributed by atoms with Gasteiger partial charge >= 0.3 is 0 Å². The van der Waals surface area contributed by atoms with Gasteiger partial charge in [0.25, 0.3) is 0 Å². The fraction of sp³-hybridized carbons (Fsp3) is 0. The highest BCUT2D eigenvalue weighted by Gasteiger charge is 2.38. The second kappa shape index (κ2) is 9.08. The normalized spacial score (nSPS) is 14.7. The van der Waals surface area contributed by atoms with Gasteiger partial charge in [0.1, 0.15) is 22.7 Å². The van der Waals surface area contributed by atoms with E-state index in [0.29, 0.717) is 10.4 Å². The van der Waals surface area contributed by atoms with E-state index in [1.165, 1.54) is 17.4 Å². The van der Waals surface area contributed by atoms with E-state index in [-0.39, 0.29) is 20.9 Å². The molecule has 5 rings (SSSR count). The van der Waals surface area contributed by atoms with Crippen LogP contribution in [0.2, 0.25) is 0 Å². The third-order valence-electron chi connectivity index (χ3n) is 5.59. The van der Waals surface area contributed by atoms with Crippen molar-refractivity contribution in [3.63, 3.8) is 0 Å². The van der Waals surface area contributed by atoms with E-state index in [4.69, 9.17) is 0 Å². The lowest BCUT2D eigenvalue weighted by Crippen LogP contribution is -2.07. The molecule has 1 aromatic heterocycles. The minimum atomic E-state index is -3.88. The number of anilines is 3. The summed E-state index contributed by atoms with van der Waals surface area (Å²) in [5.74, 6) is 0. The maximum absolute atomic E-state index is 13.4. The predicted octanol–water partition coefficient (Wildman–Crippen LogP) is 6.85. The summed E-state index contributed by atoms with van der Waals surface area (Å²) in [7, 11) is -3.88. The molecule has 0 unspecified atom stereocenters. The Morgan fingerprint density at radius 2 is 1.34 bits per heavy atom. The minimum Gasteiger partial charge on any atom is -0.302 e. The highest BCUT2D eigenvalue weighted by molar-refractivity contribution is 7.96. The van der Waals surface area contributed by atoms with Crippen LogP contribution in [0.5, 0.6) is 0 Å². The highest BCUT2D eigenvalue weighted by atomic mass is 32.2. The van der Waals surface area contributed by atoms with Gasteiger partial charge in [-0.15, -0.1) is 11.3 Å². The van der Waals surface area contributed by atoms with Gasteiger partial charge < -0.3 is 4.90 Å². The van der Waals surface area contributed by atoms with Crippen molar-refractivity contribution in [1.29, 1.82) is 10.5 Å². The number of fused-ring (bicyclic) bond motifs is 1. The van der Waals surface area contributed by atoms with Crippen LogP contribution in [0.1, 0.15) is 10.4 Å². The van der Waals surface area contributed by atoms with Crippen molar-refractivity contribution in [2.24, 2.45) is 0 Å². The molecule has 168 valence electrons. The third kappa shape index (κ3) is 3.94. The second-order valence-electron chi connectivity index (χ2n) is 7.66. The molecule has 0 N–H and O–H groups in total. The summed E-state index contributed by atoms with van der Waals surface area (Å²) in [6, 6.07) is 33.8. The van der Waals surface area contributed by atoms with E-state index in [9.17, 15) is 18.9 Å². The fourth-order valence-electron chi connectivity index (χ4n) is 4.06. The molecule has 0 amide bonds. The lowest BCUT2D eigenvalue weighted by Gasteiger charge is -2.23. The molecule has 0 spiro atoms. The lowest BCUT2D eigenvalue weighted by molar-refractivity contribution is 0.604. The first-order chi connectivity index (χ1) is 17.0. The zero-order valence-electron chi connectivity index (χ0n) is 18.3. The van der Waals surface area contributed by atoms with Crippen LogP contribution in [-0.4, -0.2) is 8.42 Å². The van der Waals surface area contributed by atoms with Crippen molar-refractivity contribution in [3.05, 3.63) is 118 Å². The van der Waals surface area contributed by atoms with E-state index < -0.39 is 9.84 Å². The average Bonchev–Trinajstić information content (AvgIpc) is 3.43. The van der Waals surface area contributed by atoms with Gasteiger partial charge in [-0.05, 0) is 48.5 Å². The number of nitrogens with zero attached hydrogens (tertiary/aromatic N) is 3. The molecule has 2 heterocycles. The number of hydrogen-bond donors (Lipinski definition) is 0. The number of thiophene rings is 1. The zero-order chi connectivity index (χ0) is 24.4. The molecule has 35 heavy (non-hydrogen) atoms. The van der Waals surface area contributed by atoms with Crippen LogP contribution in [0.3, 0.4) is 0 Å². The molecule has 0 bridgehead atoms. The van der Waals surface area contributed by atoms with Crippen LogP contribution in [0.25, 0.3) is 11.6 Å². The molecule has 0 aliphatic carbocycles. The van der Waals surface area contributed by atoms with Crippen LogP contribution in [-0.2, 0) is 9.84 Å². The first kappa shape index (κ1) is 22.4. The summed E-state index contributed by atoms with van der Waals surface area (Å²) < 4.78 is 26.8. The first-order valence-electron chi connectivity index (χ1n) is 10.7. The van der Waals surface area contributed by atoms with Crippen molar-refractivity contribution in [2.75, 3.05) is 4.90 Å². The summed E-state index contributed by atoms with van der Waals surface area (Å²) in [4.78, 5) is 2.86. The third-order valence-corrected chi connectivity index (χ3v) is 8.44. The molecular weight excluding hydrogens is 474 g/mol. The molecule has 0 saturated heterocycles. The van der Waals surface area contributed by atoms with E-state index >= 15 is 0 Å². The zero-order valence-corrected chi connectivity index (χ0v) is 19.9. The molecule has 0 atom stereocenters. The van der Waals surface area contributed by atoms with Crippen molar-refractivity contribution >= 4 is 49.2 Å².